The van der Waals surface area contributed by atoms with Gasteiger partial charge in [0.05, 0.1) is 0 Å². The van der Waals surface area contributed by atoms with Crippen LogP contribution in [-0.2, 0) is 17.3 Å². The second-order valence-electron chi connectivity index (χ2n) is 12.8. The molecule has 216 valence electrons. The SMILES string of the molecule is CCC.CCc1cc2c3cc(C(C)(C)C)sc3c3cc4c(cc3c2s1)c1sc(C(C)(C)C)cc1c1ccsc14.CN. The van der Waals surface area contributed by atoms with Crippen molar-refractivity contribution in [3.05, 3.63) is 56.4 Å². The zero-order valence-corrected chi connectivity index (χ0v) is 29.4. The number of nitrogens with two attached hydrogens (primary N) is 1. The summed E-state index contributed by atoms with van der Waals surface area (Å²) in [5, 5.41) is 13.7. The third-order valence-electron chi connectivity index (χ3n) is 7.46. The van der Waals surface area contributed by atoms with Crippen LogP contribution in [0.1, 0.15) is 83.4 Å². The fraction of sp³-hybridized carbons (Fsp3) is 0.389. The van der Waals surface area contributed by atoms with E-state index < -0.39 is 0 Å². The van der Waals surface area contributed by atoms with Gasteiger partial charge in [-0.1, -0.05) is 68.7 Å². The number of rotatable bonds is 1. The molecule has 0 unspecified atom stereocenters. The normalized spacial score (nSPS) is 12.5. The average Bonchev–Trinajstić information content (AvgIpc) is 3.71. The van der Waals surface area contributed by atoms with Gasteiger partial charge in [0.1, 0.15) is 0 Å². The van der Waals surface area contributed by atoms with E-state index in [1.807, 2.05) is 45.3 Å². The molecule has 5 heteroatoms. The Morgan fingerprint density at radius 2 is 0.927 bits per heavy atom. The van der Waals surface area contributed by atoms with Crippen LogP contribution in [0.2, 0.25) is 0 Å². The molecule has 0 fully saturated rings. The Hall–Kier alpha value is -2.02. The topological polar surface area (TPSA) is 26.0 Å². The number of thiophene rings is 4. The molecule has 3 aromatic carbocycles. The molecule has 0 aliphatic heterocycles. The predicted octanol–water partition coefficient (Wildman–Crippen LogP) is 13.0. The van der Waals surface area contributed by atoms with Crippen LogP contribution in [0.3, 0.4) is 0 Å². The number of benzene rings is 3. The molecule has 0 atom stereocenters. The molecule has 41 heavy (non-hydrogen) atoms. The molecule has 0 aliphatic rings. The van der Waals surface area contributed by atoms with E-state index in [2.05, 4.69) is 110 Å². The summed E-state index contributed by atoms with van der Waals surface area (Å²) in [5.41, 5.74) is 4.80. The van der Waals surface area contributed by atoms with Crippen molar-refractivity contribution in [2.45, 2.75) is 86.0 Å². The van der Waals surface area contributed by atoms with Crippen molar-refractivity contribution in [3.8, 4) is 0 Å². The number of fused-ring (bicyclic) bond motifs is 12. The Morgan fingerprint density at radius 1 is 0.537 bits per heavy atom. The first-order valence-corrected chi connectivity index (χ1v) is 18.1. The Morgan fingerprint density at radius 3 is 1.39 bits per heavy atom. The van der Waals surface area contributed by atoms with E-state index in [4.69, 9.17) is 0 Å². The first-order chi connectivity index (χ1) is 19.5. The minimum Gasteiger partial charge on any atom is -0.333 e. The van der Waals surface area contributed by atoms with E-state index >= 15 is 0 Å². The van der Waals surface area contributed by atoms with Crippen molar-refractivity contribution < 1.29 is 0 Å². The van der Waals surface area contributed by atoms with E-state index in [-0.39, 0.29) is 10.8 Å². The van der Waals surface area contributed by atoms with Gasteiger partial charge in [-0.25, -0.2) is 0 Å². The maximum absolute atomic E-state index is 4.50. The van der Waals surface area contributed by atoms with Gasteiger partial charge in [0.15, 0.2) is 0 Å². The molecule has 0 amide bonds. The molecule has 0 saturated carbocycles. The zero-order valence-electron chi connectivity index (χ0n) is 26.2. The van der Waals surface area contributed by atoms with Gasteiger partial charge in [0, 0.05) is 76.5 Å². The smallest absolute Gasteiger partial charge is 0.0431 e. The summed E-state index contributed by atoms with van der Waals surface area (Å²) in [6, 6.07) is 14.8. The summed E-state index contributed by atoms with van der Waals surface area (Å²) in [6.45, 7) is 20.6. The predicted molar refractivity (Wildman–Crippen MR) is 196 cm³/mol. The van der Waals surface area contributed by atoms with Gasteiger partial charge in [-0.2, -0.15) is 0 Å². The van der Waals surface area contributed by atoms with Gasteiger partial charge in [-0.3, -0.25) is 0 Å². The molecule has 0 radical (unpaired) electrons. The fourth-order valence-corrected chi connectivity index (χ4v) is 10.0. The highest BCUT2D eigenvalue weighted by Gasteiger charge is 2.24. The molecule has 4 aromatic heterocycles. The summed E-state index contributed by atoms with van der Waals surface area (Å²) in [5.74, 6) is 0. The van der Waals surface area contributed by atoms with Crippen LogP contribution in [0.5, 0.6) is 0 Å². The van der Waals surface area contributed by atoms with Crippen LogP contribution < -0.4 is 5.73 Å². The Balaban J connectivity index is 0.000000636. The van der Waals surface area contributed by atoms with Gasteiger partial charge in [0.25, 0.3) is 0 Å². The van der Waals surface area contributed by atoms with E-state index in [1.54, 1.807) is 0 Å². The van der Waals surface area contributed by atoms with E-state index in [0.29, 0.717) is 0 Å². The molecule has 4 heterocycles. The lowest BCUT2D eigenvalue weighted by Gasteiger charge is -2.15. The molecule has 7 aromatic rings. The van der Waals surface area contributed by atoms with E-state index in [9.17, 15) is 0 Å². The van der Waals surface area contributed by atoms with Crippen molar-refractivity contribution in [1.29, 1.82) is 0 Å². The standard InChI is InChI=1S/C32H30S4.C3H8.CH5N/c1-8-16-11-18-24-15-26(32(5,6)7)36-30(24)22-12-19-20(13-21(22)28(18)34-16)29-23(17-9-10-33-27(17)19)14-25(35-29)31(2,3)4;1-3-2;1-2/h9-15H,8H2,1-7H3;3H2,1-2H3;2H2,1H3. The largest absolute Gasteiger partial charge is 0.333 e. The highest BCUT2D eigenvalue weighted by Crippen LogP contribution is 2.50. The third-order valence-corrected chi connectivity index (χ3v) is 12.9. The number of hydrogen-bond donors (Lipinski definition) is 1. The van der Waals surface area contributed by atoms with Gasteiger partial charge in [-0.05, 0) is 66.1 Å². The summed E-state index contributed by atoms with van der Waals surface area (Å²) < 4.78 is 5.79. The molecule has 2 N–H and O–H groups in total. The minimum absolute atomic E-state index is 0.149. The molecule has 0 aliphatic carbocycles. The van der Waals surface area contributed by atoms with Gasteiger partial charge in [0.2, 0.25) is 0 Å². The van der Waals surface area contributed by atoms with Crippen LogP contribution in [-0.4, -0.2) is 7.05 Å². The summed E-state index contributed by atoms with van der Waals surface area (Å²) in [7, 11) is 1.50. The molecular formula is C36H43NS4. The average molecular weight is 618 g/mol. The number of hydrogen-bond acceptors (Lipinski definition) is 5. The Kier molecular flexibility index (Phi) is 8.34. The van der Waals surface area contributed by atoms with Gasteiger partial charge >= 0.3 is 0 Å². The Labute approximate surface area is 261 Å². The third kappa shape index (κ3) is 5.12. The minimum atomic E-state index is 0.149. The van der Waals surface area contributed by atoms with Gasteiger partial charge < -0.3 is 5.73 Å². The van der Waals surface area contributed by atoms with Crippen LogP contribution in [0.25, 0.3) is 61.9 Å². The molecule has 7 rings (SSSR count). The van der Waals surface area contributed by atoms with Crippen LogP contribution in [0.4, 0.5) is 0 Å². The Bertz CT molecular complexity index is 2010. The van der Waals surface area contributed by atoms with E-state index in [1.165, 1.54) is 90.0 Å². The maximum atomic E-state index is 4.50. The first kappa shape index (κ1) is 30.4. The molecule has 0 saturated heterocycles. The van der Waals surface area contributed by atoms with Crippen molar-refractivity contribution in [1.82, 2.24) is 0 Å². The van der Waals surface area contributed by atoms with Crippen molar-refractivity contribution in [2.24, 2.45) is 5.73 Å². The monoisotopic (exact) mass is 617 g/mol. The highest BCUT2D eigenvalue weighted by atomic mass is 32.1. The van der Waals surface area contributed by atoms with Crippen LogP contribution >= 0.6 is 45.3 Å². The molecule has 0 bridgehead atoms. The number of aryl methyl sites for hydroxylation is 1. The fourth-order valence-electron chi connectivity index (χ4n) is 5.42. The van der Waals surface area contributed by atoms with Crippen molar-refractivity contribution >= 4 is 107 Å². The van der Waals surface area contributed by atoms with E-state index in [0.717, 1.165) is 6.42 Å². The second-order valence-corrected chi connectivity index (χ2v) is 17.0. The lowest BCUT2D eigenvalue weighted by atomic mass is 9.93. The summed E-state index contributed by atoms with van der Waals surface area (Å²) in [6.07, 6.45) is 2.34. The van der Waals surface area contributed by atoms with Crippen molar-refractivity contribution in [3.63, 3.8) is 0 Å². The van der Waals surface area contributed by atoms with Crippen LogP contribution in [0, 0.1) is 0 Å². The molecular weight excluding hydrogens is 575 g/mol. The first-order valence-electron chi connectivity index (χ1n) is 14.7. The van der Waals surface area contributed by atoms with Crippen molar-refractivity contribution in [2.75, 3.05) is 7.05 Å². The van der Waals surface area contributed by atoms with Gasteiger partial charge in [-0.15, -0.1) is 45.3 Å². The quantitative estimate of drug-likeness (QED) is 0.182. The molecule has 1 nitrogen and oxygen atoms in total. The molecule has 0 spiro atoms. The lowest BCUT2D eigenvalue weighted by molar-refractivity contribution is 0.604. The maximum Gasteiger partial charge on any atom is 0.0431 e. The summed E-state index contributed by atoms with van der Waals surface area (Å²) >= 11 is 7.89. The summed E-state index contributed by atoms with van der Waals surface area (Å²) in [4.78, 5) is 4.42. The zero-order chi connectivity index (χ0) is 29.9. The second kappa shape index (κ2) is 11.2. The van der Waals surface area contributed by atoms with Crippen LogP contribution in [0.15, 0.2) is 41.8 Å². The highest BCUT2D eigenvalue weighted by molar-refractivity contribution is 7.23. The lowest BCUT2D eigenvalue weighted by Crippen LogP contribution is -2.07.